The van der Waals surface area contributed by atoms with E-state index in [-0.39, 0.29) is 0 Å². The van der Waals surface area contributed by atoms with Crippen LogP contribution < -0.4 is 10.9 Å². The maximum Gasteiger partial charge on any atom is 0.149 e. The van der Waals surface area contributed by atoms with Gasteiger partial charge in [-0.25, -0.2) is 0 Å². The van der Waals surface area contributed by atoms with E-state index in [1.165, 1.54) is 0 Å². The molecule has 3 rings (SSSR count). The van der Waals surface area contributed by atoms with Gasteiger partial charge in [0.15, 0.2) is 0 Å². The van der Waals surface area contributed by atoms with Crippen LogP contribution in [0.25, 0.3) is 10.7 Å². The van der Waals surface area contributed by atoms with E-state index in [1.807, 2.05) is 30.3 Å². The Hall–Kier alpha value is -1.94. The first-order valence-corrected chi connectivity index (χ1v) is 5.25. The van der Waals surface area contributed by atoms with Crippen LogP contribution in [-0.2, 0) is 0 Å². The van der Waals surface area contributed by atoms with Crippen molar-refractivity contribution in [2.24, 2.45) is 0 Å². The van der Waals surface area contributed by atoms with E-state index in [4.69, 9.17) is 11.6 Å². The number of nitrogens with zero attached hydrogens (tertiary/aromatic N) is 1. The number of benzene rings is 1. The largest absolute Gasteiger partial charge is 0.297 e. The highest BCUT2D eigenvalue weighted by molar-refractivity contribution is 6.53. The van der Waals surface area contributed by atoms with Crippen molar-refractivity contribution in [3.05, 3.63) is 47.7 Å². The molecule has 5 heteroatoms. The normalized spacial score (nSPS) is 14.1. The predicted molar refractivity (Wildman–Crippen MR) is 64.5 cm³/mol. The number of halogens is 1. The summed E-state index contributed by atoms with van der Waals surface area (Å²) in [6, 6.07) is 9.91. The minimum Gasteiger partial charge on any atom is -0.297 e. The number of nitrogens with one attached hydrogen (secondary N) is 3. The molecule has 0 saturated heterocycles. The van der Waals surface area contributed by atoms with E-state index in [1.54, 1.807) is 6.20 Å². The summed E-state index contributed by atoms with van der Waals surface area (Å²) in [5, 5.41) is 7.41. The van der Waals surface area contributed by atoms with Gasteiger partial charge in [-0.15, -0.1) is 0 Å². The van der Waals surface area contributed by atoms with Crippen molar-refractivity contribution in [2.75, 3.05) is 5.43 Å². The molecule has 0 bridgehead atoms. The minimum atomic E-state index is 0.661. The van der Waals surface area contributed by atoms with Gasteiger partial charge in [0.2, 0.25) is 0 Å². The molecular formula is C11H9ClN4. The molecule has 0 spiro atoms. The molecule has 16 heavy (non-hydrogen) atoms. The first-order valence-electron chi connectivity index (χ1n) is 4.87. The van der Waals surface area contributed by atoms with Crippen LogP contribution in [0.15, 0.2) is 36.5 Å². The van der Waals surface area contributed by atoms with Gasteiger partial charge in [-0.2, -0.15) is 5.10 Å². The molecule has 2 heterocycles. The zero-order chi connectivity index (χ0) is 11.0. The van der Waals surface area contributed by atoms with Crippen LogP contribution in [0.2, 0.25) is 0 Å². The molecule has 1 aliphatic heterocycles. The molecule has 0 amide bonds. The molecule has 80 valence electrons. The molecule has 4 nitrogen and oxygen atoms in total. The Morgan fingerprint density at radius 1 is 1.06 bits per heavy atom. The second-order valence-corrected chi connectivity index (χ2v) is 3.84. The van der Waals surface area contributed by atoms with Crippen molar-refractivity contribution in [3.8, 4) is 0 Å². The molecular weight excluding hydrogens is 224 g/mol. The van der Waals surface area contributed by atoms with Gasteiger partial charge in [0, 0.05) is 5.56 Å². The van der Waals surface area contributed by atoms with Crippen LogP contribution in [0.4, 0.5) is 5.82 Å². The predicted octanol–water partition coefficient (Wildman–Crippen LogP) is 2.40. The standard InChI is InChI=1S/C11H9ClN4/c12-9-8-6-13-15-11(8)16-14-10(9)7-4-2-1-3-5-7/h1-6,14H,(H2,13,15,16). The molecule has 0 unspecified atom stereocenters. The Balaban J connectivity index is 2.13. The summed E-state index contributed by atoms with van der Waals surface area (Å²) in [6.07, 6.45) is 1.70. The average molecular weight is 233 g/mol. The van der Waals surface area contributed by atoms with Gasteiger partial charge < -0.3 is 0 Å². The Kier molecular flexibility index (Phi) is 2.08. The van der Waals surface area contributed by atoms with Gasteiger partial charge in [-0.05, 0) is 0 Å². The average Bonchev–Trinajstić information content (AvgIpc) is 2.80. The van der Waals surface area contributed by atoms with Gasteiger partial charge in [0.1, 0.15) is 5.82 Å². The smallest absolute Gasteiger partial charge is 0.149 e. The van der Waals surface area contributed by atoms with Crippen molar-refractivity contribution >= 4 is 28.1 Å². The lowest BCUT2D eigenvalue weighted by Crippen LogP contribution is -2.24. The summed E-state index contributed by atoms with van der Waals surface area (Å²) in [4.78, 5) is 0. The first-order chi connectivity index (χ1) is 7.86. The van der Waals surface area contributed by atoms with Crippen molar-refractivity contribution in [3.63, 3.8) is 0 Å². The zero-order valence-electron chi connectivity index (χ0n) is 8.29. The van der Waals surface area contributed by atoms with Crippen LogP contribution in [0.3, 0.4) is 0 Å². The van der Waals surface area contributed by atoms with Crippen molar-refractivity contribution < 1.29 is 0 Å². The number of hydrogen-bond acceptors (Lipinski definition) is 3. The molecule has 0 saturated carbocycles. The van der Waals surface area contributed by atoms with Gasteiger partial charge in [-0.1, -0.05) is 41.9 Å². The number of hydrogen-bond donors (Lipinski definition) is 3. The molecule has 1 aromatic carbocycles. The van der Waals surface area contributed by atoms with Crippen LogP contribution in [0, 0.1) is 0 Å². The zero-order valence-corrected chi connectivity index (χ0v) is 9.05. The molecule has 0 fully saturated rings. The van der Waals surface area contributed by atoms with E-state index in [2.05, 4.69) is 21.0 Å². The van der Waals surface area contributed by atoms with Gasteiger partial charge in [0.05, 0.1) is 22.5 Å². The van der Waals surface area contributed by atoms with E-state index in [0.29, 0.717) is 5.03 Å². The molecule has 0 atom stereocenters. The summed E-state index contributed by atoms with van der Waals surface area (Å²) in [5.74, 6) is 0.782. The third kappa shape index (κ3) is 1.35. The number of hydrazine groups is 1. The Morgan fingerprint density at radius 3 is 2.69 bits per heavy atom. The second-order valence-electron chi connectivity index (χ2n) is 3.46. The maximum absolute atomic E-state index is 6.31. The topological polar surface area (TPSA) is 52.7 Å². The third-order valence-electron chi connectivity index (χ3n) is 2.47. The highest BCUT2D eigenvalue weighted by Crippen LogP contribution is 2.34. The Bertz CT molecular complexity index is 544. The SMILES string of the molecule is ClC1=C(c2ccccc2)NNc2[nH]ncc21. The van der Waals surface area contributed by atoms with E-state index in [9.17, 15) is 0 Å². The number of fused-ring (bicyclic) bond motifs is 1. The fourth-order valence-electron chi connectivity index (χ4n) is 1.67. The van der Waals surface area contributed by atoms with Gasteiger partial charge >= 0.3 is 0 Å². The summed E-state index contributed by atoms with van der Waals surface area (Å²) < 4.78 is 0. The van der Waals surface area contributed by atoms with Gasteiger partial charge in [-0.3, -0.25) is 16.0 Å². The lowest BCUT2D eigenvalue weighted by molar-refractivity contribution is 1.01. The number of rotatable bonds is 1. The van der Waals surface area contributed by atoms with E-state index in [0.717, 1.165) is 22.6 Å². The Labute approximate surface area is 97.3 Å². The monoisotopic (exact) mass is 232 g/mol. The summed E-state index contributed by atoms with van der Waals surface area (Å²) in [6.45, 7) is 0. The van der Waals surface area contributed by atoms with Crippen molar-refractivity contribution in [1.82, 2.24) is 15.6 Å². The van der Waals surface area contributed by atoms with Crippen LogP contribution >= 0.6 is 11.6 Å². The molecule has 3 N–H and O–H groups in total. The van der Waals surface area contributed by atoms with E-state index >= 15 is 0 Å². The third-order valence-corrected chi connectivity index (χ3v) is 2.86. The second kappa shape index (κ2) is 3.57. The highest BCUT2D eigenvalue weighted by atomic mass is 35.5. The molecule has 2 aromatic rings. The Morgan fingerprint density at radius 2 is 1.88 bits per heavy atom. The maximum atomic E-state index is 6.31. The quantitative estimate of drug-likeness (QED) is 0.708. The first kappa shape index (κ1) is 9.30. The highest BCUT2D eigenvalue weighted by Gasteiger charge is 2.19. The molecule has 0 aliphatic carbocycles. The van der Waals surface area contributed by atoms with Crippen molar-refractivity contribution in [1.29, 1.82) is 0 Å². The van der Waals surface area contributed by atoms with Crippen LogP contribution in [-0.4, -0.2) is 10.2 Å². The fraction of sp³-hybridized carbons (Fsp3) is 0. The number of aromatic amines is 1. The lowest BCUT2D eigenvalue weighted by Gasteiger charge is -2.20. The molecule has 1 aliphatic rings. The van der Waals surface area contributed by atoms with Crippen LogP contribution in [0.1, 0.15) is 11.1 Å². The lowest BCUT2D eigenvalue weighted by atomic mass is 10.1. The molecule has 1 aromatic heterocycles. The summed E-state index contributed by atoms with van der Waals surface area (Å²) in [5.41, 5.74) is 8.83. The summed E-state index contributed by atoms with van der Waals surface area (Å²) >= 11 is 6.31. The summed E-state index contributed by atoms with van der Waals surface area (Å²) in [7, 11) is 0. The number of H-pyrrole nitrogens is 1. The number of aromatic nitrogens is 2. The minimum absolute atomic E-state index is 0.661. The van der Waals surface area contributed by atoms with Crippen LogP contribution in [0.5, 0.6) is 0 Å². The van der Waals surface area contributed by atoms with Gasteiger partial charge in [0.25, 0.3) is 0 Å². The van der Waals surface area contributed by atoms with E-state index < -0.39 is 0 Å². The van der Waals surface area contributed by atoms with Crippen molar-refractivity contribution in [2.45, 2.75) is 0 Å². The fourth-order valence-corrected chi connectivity index (χ4v) is 1.97. The molecule has 0 radical (unpaired) electrons. The number of anilines is 1.